The van der Waals surface area contributed by atoms with Gasteiger partial charge in [0.2, 0.25) is 5.95 Å². The molecule has 4 heteroatoms. The summed E-state index contributed by atoms with van der Waals surface area (Å²) < 4.78 is 2.23. The van der Waals surface area contributed by atoms with E-state index in [1.807, 2.05) is 18.2 Å². The van der Waals surface area contributed by atoms with Crippen molar-refractivity contribution in [2.45, 2.75) is 0 Å². The van der Waals surface area contributed by atoms with Crippen LogP contribution in [0.25, 0.3) is 137 Å². The average molecular weight is 851 g/mol. The molecule has 67 heavy (non-hydrogen) atoms. The van der Waals surface area contributed by atoms with Crippen LogP contribution in [-0.2, 0) is 0 Å². The van der Waals surface area contributed by atoms with E-state index >= 15 is 0 Å². The highest BCUT2D eigenvalue weighted by Crippen LogP contribution is 2.40. The summed E-state index contributed by atoms with van der Waals surface area (Å²) in [5.74, 6) is 1.81. The van der Waals surface area contributed by atoms with Crippen LogP contribution in [0.1, 0.15) is 0 Å². The minimum absolute atomic E-state index is 0.566. The Morgan fingerprint density at radius 2 is 0.657 bits per heavy atom. The van der Waals surface area contributed by atoms with Gasteiger partial charge in [-0.05, 0) is 129 Å². The highest BCUT2D eigenvalue weighted by atomic mass is 15.2. The van der Waals surface area contributed by atoms with E-state index in [9.17, 15) is 0 Å². The van der Waals surface area contributed by atoms with Crippen molar-refractivity contribution in [3.05, 3.63) is 231 Å². The molecule has 0 aliphatic heterocycles. The topological polar surface area (TPSA) is 43.6 Å². The molecule has 12 aromatic carbocycles. The Labute approximate surface area is 385 Å². The van der Waals surface area contributed by atoms with Gasteiger partial charge in [-0.25, -0.2) is 4.98 Å². The van der Waals surface area contributed by atoms with Crippen LogP contribution < -0.4 is 0 Å². The lowest BCUT2D eigenvalue weighted by molar-refractivity contribution is 0.954. The Kier molecular flexibility index (Phi) is 8.25. The van der Waals surface area contributed by atoms with Gasteiger partial charge in [-0.3, -0.25) is 4.57 Å². The van der Waals surface area contributed by atoms with Crippen LogP contribution in [0.5, 0.6) is 0 Å². The molecule has 14 rings (SSSR count). The summed E-state index contributed by atoms with van der Waals surface area (Å²) in [5.41, 5.74) is 8.56. The summed E-state index contributed by atoms with van der Waals surface area (Å²) in [4.78, 5) is 16.0. The molecule has 0 amide bonds. The lowest BCUT2D eigenvalue weighted by atomic mass is 9.95. The lowest BCUT2D eigenvalue weighted by Crippen LogP contribution is -2.06. The molecule has 0 atom stereocenters. The van der Waals surface area contributed by atoms with E-state index in [0.29, 0.717) is 17.6 Å². The van der Waals surface area contributed by atoms with E-state index in [-0.39, 0.29) is 0 Å². The third-order valence-corrected chi connectivity index (χ3v) is 13.8. The summed E-state index contributed by atoms with van der Waals surface area (Å²) in [6.45, 7) is 0. The zero-order chi connectivity index (χ0) is 44.0. The molecule has 0 radical (unpaired) electrons. The third kappa shape index (κ3) is 6.04. The van der Waals surface area contributed by atoms with Crippen LogP contribution in [0.15, 0.2) is 231 Å². The maximum Gasteiger partial charge on any atom is 0.238 e. The molecule has 0 aliphatic rings. The van der Waals surface area contributed by atoms with Gasteiger partial charge >= 0.3 is 0 Å². The number of nitrogens with zero attached hydrogens (tertiary/aromatic N) is 4. The van der Waals surface area contributed by atoms with Gasteiger partial charge in [0.15, 0.2) is 11.6 Å². The molecule has 14 aromatic rings. The normalized spacial score (nSPS) is 11.9. The fourth-order valence-corrected chi connectivity index (χ4v) is 10.5. The van der Waals surface area contributed by atoms with Crippen LogP contribution in [0.3, 0.4) is 0 Å². The second-order valence-corrected chi connectivity index (χ2v) is 17.6. The monoisotopic (exact) mass is 850 g/mol. The Hall–Kier alpha value is -8.99. The Bertz CT molecular complexity index is 4160. The fourth-order valence-electron chi connectivity index (χ4n) is 10.5. The van der Waals surface area contributed by atoms with E-state index in [1.54, 1.807) is 0 Å². The largest absolute Gasteiger partial charge is 0.278 e. The molecular weight excluding hydrogens is 813 g/mol. The van der Waals surface area contributed by atoms with Crippen LogP contribution >= 0.6 is 0 Å². The molecular formula is C63H38N4. The van der Waals surface area contributed by atoms with Crippen molar-refractivity contribution >= 4 is 86.4 Å². The molecule has 0 aliphatic carbocycles. The smallest absolute Gasteiger partial charge is 0.238 e. The highest BCUT2D eigenvalue weighted by Gasteiger charge is 2.21. The first-order valence-electron chi connectivity index (χ1n) is 22.8. The fraction of sp³-hybridized carbons (Fsp3) is 0. The first-order chi connectivity index (χ1) is 33.2. The number of fused-ring (bicyclic) bond motifs is 12. The molecule has 0 unspecified atom stereocenters. The van der Waals surface area contributed by atoms with E-state index in [1.165, 1.54) is 65.0 Å². The number of benzene rings is 12. The van der Waals surface area contributed by atoms with Gasteiger partial charge in [0.05, 0.1) is 11.0 Å². The molecule has 0 spiro atoms. The molecule has 310 valence electrons. The third-order valence-electron chi connectivity index (χ3n) is 13.8. The highest BCUT2D eigenvalue weighted by molar-refractivity contribution is 6.15. The Morgan fingerprint density at radius 1 is 0.239 bits per heavy atom. The van der Waals surface area contributed by atoms with E-state index < -0.39 is 0 Å². The maximum absolute atomic E-state index is 5.45. The first-order valence-corrected chi connectivity index (χ1v) is 22.8. The molecule has 0 saturated carbocycles. The van der Waals surface area contributed by atoms with Crippen LogP contribution in [0, 0.1) is 0 Å². The molecule has 0 fully saturated rings. The minimum atomic E-state index is 0.566. The Balaban J connectivity index is 1.01. The van der Waals surface area contributed by atoms with Crippen LogP contribution in [0.2, 0.25) is 0 Å². The van der Waals surface area contributed by atoms with Crippen molar-refractivity contribution in [3.63, 3.8) is 0 Å². The molecule has 2 aromatic heterocycles. The predicted molar refractivity (Wildman–Crippen MR) is 281 cm³/mol. The van der Waals surface area contributed by atoms with Gasteiger partial charge in [0.25, 0.3) is 0 Å². The maximum atomic E-state index is 5.45. The van der Waals surface area contributed by atoms with E-state index in [2.05, 4.69) is 217 Å². The van der Waals surface area contributed by atoms with Crippen molar-refractivity contribution in [1.82, 2.24) is 19.5 Å². The number of aromatic nitrogens is 4. The van der Waals surface area contributed by atoms with Crippen molar-refractivity contribution < 1.29 is 0 Å². The van der Waals surface area contributed by atoms with Gasteiger partial charge in [0.1, 0.15) is 0 Å². The van der Waals surface area contributed by atoms with Gasteiger partial charge < -0.3 is 0 Å². The Morgan fingerprint density at radius 3 is 1.25 bits per heavy atom. The number of rotatable bonds is 5. The number of hydrogen-bond donors (Lipinski definition) is 0. The van der Waals surface area contributed by atoms with Crippen molar-refractivity contribution in [3.8, 4) is 51.0 Å². The van der Waals surface area contributed by atoms with Gasteiger partial charge in [-0.2, -0.15) is 9.97 Å². The van der Waals surface area contributed by atoms with Gasteiger partial charge in [-0.1, -0.05) is 188 Å². The van der Waals surface area contributed by atoms with Gasteiger partial charge in [0, 0.05) is 21.9 Å². The van der Waals surface area contributed by atoms with E-state index in [4.69, 9.17) is 15.0 Å². The quantitative estimate of drug-likeness (QED) is 0.162. The summed E-state index contributed by atoms with van der Waals surface area (Å²) in [6, 6.07) is 83.2. The van der Waals surface area contributed by atoms with Crippen molar-refractivity contribution in [2.75, 3.05) is 0 Å². The summed E-state index contributed by atoms with van der Waals surface area (Å²) in [6.07, 6.45) is 0. The standard InChI is InChI=1S/C63H38N4/c1-2-14-41(15-3-1)61-64-62(58-38-46-16-6-9-19-51(46)54-20-10-11-21-55(54)58)66-63(65-61)67-59-32-28-44(42-26-30-52-47(34-42)24-22-39-12-4-7-17-49(39)52)36-56(59)57-37-45(29-33-60(57)67)43-27-31-53-48(35-43)25-23-40-13-5-8-18-50(40)53/h1-38H. The zero-order valence-corrected chi connectivity index (χ0v) is 36.2. The lowest BCUT2D eigenvalue weighted by Gasteiger charge is -2.14. The molecule has 0 saturated heterocycles. The van der Waals surface area contributed by atoms with Crippen LogP contribution in [0.4, 0.5) is 0 Å². The molecule has 4 nitrogen and oxygen atoms in total. The number of hydrogen-bond acceptors (Lipinski definition) is 3. The van der Waals surface area contributed by atoms with Crippen LogP contribution in [-0.4, -0.2) is 19.5 Å². The molecule has 0 bridgehead atoms. The summed E-state index contributed by atoms with van der Waals surface area (Å²) in [7, 11) is 0. The minimum Gasteiger partial charge on any atom is -0.278 e. The average Bonchev–Trinajstić information content (AvgIpc) is 3.73. The van der Waals surface area contributed by atoms with Crippen molar-refractivity contribution in [1.29, 1.82) is 0 Å². The SMILES string of the molecule is c1ccc(-c2nc(-c3cc4ccccc4c4ccccc34)nc(-n3c4ccc(-c5ccc6c(ccc7ccccc76)c5)cc4c4cc(-c5ccc6c(ccc7ccccc76)c5)ccc43)n2)cc1. The van der Waals surface area contributed by atoms with Gasteiger partial charge in [-0.15, -0.1) is 0 Å². The summed E-state index contributed by atoms with van der Waals surface area (Å²) in [5, 5.41) is 16.8. The predicted octanol–water partition coefficient (Wildman–Crippen LogP) is 16.6. The first kappa shape index (κ1) is 37.4. The zero-order valence-electron chi connectivity index (χ0n) is 36.2. The molecule has 2 heterocycles. The van der Waals surface area contributed by atoms with E-state index in [0.717, 1.165) is 54.8 Å². The van der Waals surface area contributed by atoms with Crippen molar-refractivity contribution in [2.24, 2.45) is 0 Å². The second kappa shape index (κ2) is 14.8. The summed E-state index contributed by atoms with van der Waals surface area (Å²) >= 11 is 0. The second-order valence-electron chi connectivity index (χ2n) is 17.6. The molecule has 0 N–H and O–H groups in total.